The van der Waals surface area contributed by atoms with Crippen LogP contribution in [0.1, 0.15) is 41.5 Å². The van der Waals surface area contributed by atoms with Crippen LogP contribution in [0.25, 0.3) is 0 Å². The van der Waals surface area contributed by atoms with Crippen LogP contribution in [0.15, 0.2) is 0 Å². The first-order chi connectivity index (χ1) is 16.2. The molecule has 0 radical (unpaired) electrons. The molecule has 0 rings (SSSR count). The lowest BCUT2D eigenvalue weighted by molar-refractivity contribution is -0.0796. The summed E-state index contributed by atoms with van der Waals surface area (Å²) in [6, 6.07) is 0. The normalized spacial score (nSPS) is 14.6. The van der Waals surface area contributed by atoms with Crippen LogP contribution in [0.3, 0.4) is 0 Å². The topological polar surface area (TPSA) is 182 Å². The van der Waals surface area contributed by atoms with Gasteiger partial charge in [0.1, 0.15) is 23.4 Å². The fourth-order valence-corrected chi connectivity index (χ4v) is 3.10. The van der Waals surface area contributed by atoms with Crippen LogP contribution in [0.4, 0.5) is 9.59 Å². The van der Waals surface area contributed by atoms with Crippen molar-refractivity contribution in [2.75, 3.05) is 52.0 Å². The molecule has 0 aromatic carbocycles. The van der Waals surface area contributed by atoms with Gasteiger partial charge in [-0.05, 0) is 41.5 Å². The molecule has 0 unspecified atom stereocenters. The molecule has 0 aromatic heterocycles. The third kappa shape index (κ3) is 21.6. The van der Waals surface area contributed by atoms with Crippen molar-refractivity contribution in [2.45, 2.75) is 65.0 Å². The fourth-order valence-electron chi connectivity index (χ4n) is 2.36. The number of hydrogen-bond donors (Lipinski definition) is 2. The zero-order valence-corrected chi connectivity index (χ0v) is 23.7. The second-order valence-corrected chi connectivity index (χ2v) is 12.9. The van der Waals surface area contributed by atoms with E-state index in [1.807, 2.05) is 0 Å². The maximum absolute atomic E-state index is 12.1. The average molecular weight is 565 g/mol. The Kier molecular flexibility index (Phi) is 14.2. The molecule has 214 valence electrons. The first-order valence-corrected chi connectivity index (χ1v) is 14.7. The number of hydrogen-bond acceptors (Lipinski definition) is 12. The maximum atomic E-state index is 12.1. The molecule has 0 aliphatic heterocycles. The van der Waals surface area contributed by atoms with Gasteiger partial charge < -0.3 is 29.6 Å². The van der Waals surface area contributed by atoms with Gasteiger partial charge in [0.25, 0.3) is 20.2 Å². The quantitative estimate of drug-likeness (QED) is 0.211. The van der Waals surface area contributed by atoms with E-state index in [2.05, 4.69) is 19.0 Å². The van der Waals surface area contributed by atoms with Crippen LogP contribution in [0, 0.1) is 0 Å². The molecule has 14 nitrogen and oxygen atoms in total. The second-order valence-electron chi connectivity index (χ2n) is 9.64. The molecule has 0 bridgehead atoms. The van der Waals surface area contributed by atoms with Crippen LogP contribution in [0.5, 0.6) is 0 Å². The van der Waals surface area contributed by atoms with Gasteiger partial charge >= 0.3 is 12.2 Å². The Balaban J connectivity index is 5.45. The van der Waals surface area contributed by atoms with E-state index in [0.29, 0.717) is 0 Å². The van der Waals surface area contributed by atoms with Gasteiger partial charge in [0.2, 0.25) is 0 Å². The number of alkyl carbamates (subject to hydrolysis) is 2. The number of carbonyl (C=O) groups excluding carboxylic acids is 2. The van der Waals surface area contributed by atoms with E-state index in [4.69, 9.17) is 18.9 Å². The Morgan fingerprint density at radius 2 is 0.944 bits per heavy atom. The highest BCUT2D eigenvalue weighted by Crippen LogP contribution is 2.10. The monoisotopic (exact) mass is 564 g/mol. The van der Waals surface area contributed by atoms with E-state index in [9.17, 15) is 26.4 Å². The van der Waals surface area contributed by atoms with E-state index in [-0.39, 0.29) is 39.5 Å². The fraction of sp³-hybridized carbons (Fsp3) is 0.900. The highest BCUT2D eigenvalue weighted by atomic mass is 32.2. The summed E-state index contributed by atoms with van der Waals surface area (Å²) in [6.07, 6.45) is -1.63. The summed E-state index contributed by atoms with van der Waals surface area (Å²) >= 11 is 0. The van der Waals surface area contributed by atoms with Gasteiger partial charge in [0.15, 0.2) is 0 Å². The predicted molar refractivity (Wildman–Crippen MR) is 130 cm³/mol. The number of nitrogens with one attached hydrogen (secondary N) is 2. The van der Waals surface area contributed by atoms with E-state index in [0.717, 1.165) is 12.5 Å². The summed E-state index contributed by atoms with van der Waals surface area (Å²) in [4.78, 5) is 24.3. The van der Waals surface area contributed by atoms with Gasteiger partial charge in [0.05, 0.1) is 38.9 Å². The molecule has 0 spiro atoms. The third-order valence-electron chi connectivity index (χ3n) is 3.53. The summed E-state index contributed by atoms with van der Waals surface area (Å²) < 4.78 is 75.9. The van der Waals surface area contributed by atoms with E-state index in [1.165, 1.54) is 0 Å². The number of amides is 2. The van der Waals surface area contributed by atoms with Crippen LogP contribution < -0.4 is 10.6 Å². The summed E-state index contributed by atoms with van der Waals surface area (Å²) in [5.41, 5.74) is -1.53. The van der Waals surface area contributed by atoms with Crippen molar-refractivity contribution in [3.63, 3.8) is 0 Å². The zero-order chi connectivity index (χ0) is 28.2. The Bertz CT molecular complexity index is 819. The average Bonchev–Trinajstić information content (AvgIpc) is 2.62. The zero-order valence-electron chi connectivity index (χ0n) is 22.1. The van der Waals surface area contributed by atoms with Gasteiger partial charge in [-0.15, -0.1) is 0 Å². The van der Waals surface area contributed by atoms with Crippen molar-refractivity contribution in [1.29, 1.82) is 0 Å². The Labute approximate surface area is 213 Å². The van der Waals surface area contributed by atoms with Crippen molar-refractivity contribution in [3.05, 3.63) is 0 Å². The molecule has 2 N–H and O–H groups in total. The maximum Gasteiger partial charge on any atom is 0.407 e. The van der Waals surface area contributed by atoms with Crippen LogP contribution in [-0.2, 0) is 47.5 Å². The number of rotatable bonds is 15. The minimum atomic E-state index is -3.71. The molecule has 0 aliphatic rings. The number of ether oxygens (including phenoxy) is 4. The smallest absolute Gasteiger partial charge is 0.407 e. The Hall–Kier alpha value is -1.72. The molecule has 36 heavy (non-hydrogen) atoms. The Morgan fingerprint density at radius 3 is 1.19 bits per heavy atom. The molecule has 2 atom stereocenters. The summed E-state index contributed by atoms with van der Waals surface area (Å²) in [7, 11) is -7.41. The molecular weight excluding hydrogens is 524 g/mol. The van der Waals surface area contributed by atoms with E-state index in [1.54, 1.807) is 41.5 Å². The second kappa shape index (κ2) is 14.9. The van der Waals surface area contributed by atoms with Crippen LogP contribution >= 0.6 is 0 Å². The third-order valence-corrected chi connectivity index (χ3v) is 4.72. The van der Waals surface area contributed by atoms with Crippen molar-refractivity contribution < 1.29 is 53.7 Å². The Morgan fingerprint density at radius 1 is 0.639 bits per heavy atom. The van der Waals surface area contributed by atoms with Crippen LogP contribution in [0.2, 0.25) is 0 Å². The van der Waals surface area contributed by atoms with Crippen molar-refractivity contribution in [2.24, 2.45) is 0 Å². The summed E-state index contributed by atoms with van der Waals surface area (Å²) in [6.45, 7) is 8.72. The molecule has 0 saturated heterocycles. The highest BCUT2D eigenvalue weighted by Gasteiger charge is 2.27. The molecule has 0 heterocycles. The summed E-state index contributed by atoms with van der Waals surface area (Å²) in [5.74, 6) is 0. The van der Waals surface area contributed by atoms with Crippen LogP contribution in [-0.4, -0.2) is 104 Å². The molecule has 2 amide bonds. The highest BCUT2D eigenvalue weighted by molar-refractivity contribution is 7.86. The first-order valence-electron chi connectivity index (χ1n) is 11.0. The van der Waals surface area contributed by atoms with Crippen molar-refractivity contribution in [1.82, 2.24) is 10.6 Å². The van der Waals surface area contributed by atoms with Gasteiger partial charge in [-0.3, -0.25) is 8.37 Å². The van der Waals surface area contributed by atoms with Gasteiger partial charge in [0, 0.05) is 13.1 Å². The minimum absolute atomic E-state index is 0.165. The molecule has 0 aliphatic carbocycles. The molecule has 0 aromatic rings. The predicted octanol–water partition coefficient (Wildman–Crippen LogP) is 0.759. The SMILES string of the molecule is CC(C)(C)OC(=O)NC[C@H](OCCOS(C)(=O)=O)[C@H](CNC(=O)OC(C)(C)C)OCCOS(C)(=O)=O. The first kappa shape index (κ1) is 34.3. The lowest BCUT2D eigenvalue weighted by Crippen LogP contribution is -2.49. The standard InChI is InChI=1S/C20H40N2O12S2/c1-19(2,3)33-17(23)21-13-15(29-9-11-31-35(7,25)26)16(30-10-12-32-36(8,27)28)14-22-18(24)34-20(4,5)6/h15-16H,9-14H2,1-8H3,(H,21,23)(H,22,24)/t15-,16-/m0/s1. The summed E-state index contributed by atoms with van der Waals surface area (Å²) in [5, 5.41) is 5.04. The van der Waals surface area contributed by atoms with Gasteiger partial charge in [-0.2, -0.15) is 16.8 Å². The van der Waals surface area contributed by atoms with Crippen molar-refractivity contribution in [3.8, 4) is 0 Å². The lowest BCUT2D eigenvalue weighted by atomic mass is 10.2. The van der Waals surface area contributed by atoms with Gasteiger partial charge in [-0.1, -0.05) is 0 Å². The lowest BCUT2D eigenvalue weighted by Gasteiger charge is -2.29. The van der Waals surface area contributed by atoms with Crippen molar-refractivity contribution >= 4 is 32.4 Å². The molecule has 0 fully saturated rings. The van der Waals surface area contributed by atoms with Gasteiger partial charge in [-0.25, -0.2) is 9.59 Å². The largest absolute Gasteiger partial charge is 0.444 e. The molecule has 0 saturated carbocycles. The van der Waals surface area contributed by atoms with E-state index < -0.39 is 55.8 Å². The number of carbonyl (C=O) groups is 2. The minimum Gasteiger partial charge on any atom is -0.444 e. The van der Waals surface area contributed by atoms with E-state index >= 15 is 0 Å². The molecule has 16 heteroatoms. The molecular formula is C20H40N2O12S2.